The van der Waals surface area contributed by atoms with Gasteiger partial charge in [0.05, 0.1) is 13.2 Å². The van der Waals surface area contributed by atoms with Crippen LogP contribution in [0.3, 0.4) is 0 Å². The number of hydrogen-bond acceptors (Lipinski definition) is 5. The van der Waals surface area contributed by atoms with Gasteiger partial charge in [-0.05, 0) is 44.6 Å². The van der Waals surface area contributed by atoms with Crippen molar-refractivity contribution in [2.75, 3.05) is 19.7 Å². The lowest BCUT2D eigenvalue weighted by Gasteiger charge is -2.43. The molecule has 1 aromatic carbocycles. The maximum Gasteiger partial charge on any atom is 0.358 e. The molecule has 0 fully saturated rings. The molecule has 2 amide bonds. The molecule has 178 valence electrons. The summed E-state index contributed by atoms with van der Waals surface area (Å²) in [5.74, 6) is -0.641. The molecule has 0 bridgehead atoms. The van der Waals surface area contributed by atoms with Gasteiger partial charge in [-0.3, -0.25) is 14.3 Å². The molecule has 3 rings (SSSR count). The Bertz CT molecular complexity index is 986. The van der Waals surface area contributed by atoms with Crippen molar-refractivity contribution < 1.29 is 19.1 Å². The molecule has 1 aliphatic heterocycles. The van der Waals surface area contributed by atoms with Gasteiger partial charge in [-0.25, -0.2) is 4.79 Å². The minimum Gasteiger partial charge on any atom is -0.461 e. The maximum absolute atomic E-state index is 13.5. The fourth-order valence-corrected chi connectivity index (χ4v) is 4.05. The van der Waals surface area contributed by atoms with Crippen molar-refractivity contribution in [1.82, 2.24) is 20.0 Å². The number of nitrogens with one attached hydrogen (secondary N) is 1. The minimum absolute atomic E-state index is 0.0777. The Morgan fingerprint density at radius 3 is 2.64 bits per heavy atom. The van der Waals surface area contributed by atoms with Crippen LogP contribution in [-0.4, -0.2) is 57.7 Å². The van der Waals surface area contributed by atoms with Gasteiger partial charge in [0.2, 0.25) is 5.91 Å². The largest absolute Gasteiger partial charge is 0.461 e. The van der Waals surface area contributed by atoms with Gasteiger partial charge in [-0.1, -0.05) is 44.2 Å². The Morgan fingerprint density at radius 2 is 1.97 bits per heavy atom. The normalized spacial score (nSPS) is 17.7. The molecule has 8 nitrogen and oxygen atoms in total. The highest BCUT2D eigenvalue weighted by atomic mass is 16.5. The number of benzene rings is 1. The van der Waals surface area contributed by atoms with E-state index in [0.717, 1.165) is 12.8 Å². The van der Waals surface area contributed by atoms with Gasteiger partial charge in [0.15, 0.2) is 5.69 Å². The number of fused-ring (bicyclic) bond motifs is 1. The summed E-state index contributed by atoms with van der Waals surface area (Å²) in [4.78, 5) is 40.6. The summed E-state index contributed by atoms with van der Waals surface area (Å²) in [5, 5.41) is 7.28. The number of carbonyl (C=O) groups is 3. The van der Waals surface area contributed by atoms with Crippen LogP contribution in [0.1, 0.15) is 67.1 Å². The average molecular weight is 455 g/mol. The highest BCUT2D eigenvalue weighted by Gasteiger charge is 2.47. The van der Waals surface area contributed by atoms with Gasteiger partial charge in [0.25, 0.3) is 5.91 Å². The van der Waals surface area contributed by atoms with Crippen molar-refractivity contribution in [2.24, 2.45) is 5.92 Å². The number of aryl methyl sites for hydroxylation is 1. The van der Waals surface area contributed by atoms with E-state index in [1.54, 1.807) is 18.7 Å². The number of hydrogen-bond donors (Lipinski definition) is 1. The lowest BCUT2D eigenvalue weighted by atomic mass is 9.94. The SMILES string of the molecule is CCOC(=O)c1cc2n(n1)C[C@@](C)(C(=O)NCCC(C)C)N(CCCc1ccccc1)C2=O. The fourth-order valence-electron chi connectivity index (χ4n) is 4.05. The molecule has 0 radical (unpaired) electrons. The Labute approximate surface area is 195 Å². The molecule has 1 aliphatic rings. The van der Waals surface area contributed by atoms with E-state index in [9.17, 15) is 14.4 Å². The molecule has 33 heavy (non-hydrogen) atoms. The average Bonchev–Trinajstić information content (AvgIpc) is 3.20. The molecular weight excluding hydrogens is 420 g/mol. The predicted molar refractivity (Wildman–Crippen MR) is 125 cm³/mol. The molecule has 8 heteroatoms. The molecule has 0 spiro atoms. The Hall–Kier alpha value is -3.16. The van der Waals surface area contributed by atoms with Crippen LogP contribution in [0.2, 0.25) is 0 Å². The van der Waals surface area contributed by atoms with Crippen LogP contribution >= 0.6 is 0 Å². The van der Waals surface area contributed by atoms with Crippen LogP contribution in [0.25, 0.3) is 0 Å². The topological polar surface area (TPSA) is 93.5 Å². The second-order valence-corrected chi connectivity index (χ2v) is 9.05. The minimum atomic E-state index is -1.12. The second-order valence-electron chi connectivity index (χ2n) is 9.05. The third-order valence-corrected chi connectivity index (χ3v) is 5.97. The summed E-state index contributed by atoms with van der Waals surface area (Å²) in [6.45, 7) is 9.03. The summed E-state index contributed by atoms with van der Waals surface area (Å²) < 4.78 is 6.50. The van der Waals surface area contributed by atoms with Gasteiger partial charge in [0.1, 0.15) is 11.2 Å². The second kappa shape index (κ2) is 10.6. The van der Waals surface area contributed by atoms with Gasteiger partial charge in [-0.15, -0.1) is 0 Å². The van der Waals surface area contributed by atoms with Crippen molar-refractivity contribution in [3.8, 4) is 0 Å². The Kier molecular flexibility index (Phi) is 7.89. The number of esters is 1. The van der Waals surface area contributed by atoms with E-state index in [1.165, 1.54) is 16.3 Å². The Morgan fingerprint density at radius 1 is 1.24 bits per heavy atom. The molecule has 2 aromatic rings. The van der Waals surface area contributed by atoms with Gasteiger partial charge in [0, 0.05) is 19.2 Å². The lowest BCUT2D eigenvalue weighted by molar-refractivity contribution is -0.133. The van der Waals surface area contributed by atoms with Crippen molar-refractivity contribution in [3.05, 3.63) is 53.3 Å². The van der Waals surface area contributed by atoms with E-state index in [4.69, 9.17) is 4.74 Å². The first-order valence-corrected chi connectivity index (χ1v) is 11.7. The van der Waals surface area contributed by atoms with Gasteiger partial charge >= 0.3 is 5.97 Å². The van der Waals surface area contributed by atoms with E-state index in [-0.39, 0.29) is 30.7 Å². The summed E-state index contributed by atoms with van der Waals surface area (Å²) in [6.07, 6.45) is 2.36. The first kappa shape index (κ1) is 24.5. The van der Waals surface area contributed by atoms with Crippen LogP contribution < -0.4 is 5.32 Å². The molecule has 1 aromatic heterocycles. The number of amides is 2. The number of carbonyl (C=O) groups excluding carboxylic acids is 3. The molecule has 0 saturated carbocycles. The molecular formula is C25H34N4O4. The zero-order chi connectivity index (χ0) is 24.0. The van der Waals surface area contributed by atoms with Crippen LogP contribution in [0.4, 0.5) is 0 Å². The highest BCUT2D eigenvalue weighted by molar-refractivity contribution is 6.01. The molecule has 2 heterocycles. The Balaban J connectivity index is 1.84. The standard InChI is InChI=1S/C25H34N4O4/c1-5-33-23(31)20-16-21-22(30)28(15-9-12-19-10-7-6-8-11-19)25(4,17-29(21)27-20)24(32)26-14-13-18(2)3/h6-8,10-11,16,18H,5,9,12-15,17H2,1-4H3,(H,26,32)/t25-/m0/s1. The molecule has 1 N–H and O–H groups in total. The summed E-state index contributed by atoms with van der Waals surface area (Å²) in [7, 11) is 0. The zero-order valence-corrected chi connectivity index (χ0v) is 20.0. The lowest BCUT2D eigenvalue weighted by Crippen LogP contribution is -2.64. The van der Waals surface area contributed by atoms with Crippen molar-refractivity contribution >= 4 is 17.8 Å². The zero-order valence-electron chi connectivity index (χ0n) is 20.0. The van der Waals surface area contributed by atoms with E-state index < -0.39 is 11.5 Å². The molecule has 0 aliphatic carbocycles. The van der Waals surface area contributed by atoms with Crippen LogP contribution in [0.15, 0.2) is 36.4 Å². The van der Waals surface area contributed by atoms with E-state index >= 15 is 0 Å². The summed E-state index contributed by atoms with van der Waals surface area (Å²) >= 11 is 0. The number of aromatic nitrogens is 2. The highest BCUT2D eigenvalue weighted by Crippen LogP contribution is 2.28. The van der Waals surface area contributed by atoms with Gasteiger partial charge in [-0.2, -0.15) is 5.10 Å². The van der Waals surface area contributed by atoms with Crippen molar-refractivity contribution in [3.63, 3.8) is 0 Å². The van der Waals surface area contributed by atoms with Crippen molar-refractivity contribution in [1.29, 1.82) is 0 Å². The predicted octanol–water partition coefficient (Wildman–Crippen LogP) is 3.07. The molecule has 1 atom stereocenters. The number of ether oxygens (including phenoxy) is 1. The number of rotatable bonds is 10. The van der Waals surface area contributed by atoms with E-state index in [1.807, 2.05) is 18.2 Å². The van der Waals surface area contributed by atoms with E-state index in [2.05, 4.69) is 36.4 Å². The summed E-state index contributed by atoms with van der Waals surface area (Å²) in [6, 6.07) is 11.5. The first-order chi connectivity index (χ1) is 15.8. The van der Waals surface area contributed by atoms with Crippen molar-refractivity contribution in [2.45, 2.75) is 59.0 Å². The summed E-state index contributed by atoms with van der Waals surface area (Å²) in [5.41, 5.74) is 0.439. The third-order valence-electron chi connectivity index (χ3n) is 5.97. The third kappa shape index (κ3) is 5.61. The fraction of sp³-hybridized carbons (Fsp3) is 0.520. The smallest absolute Gasteiger partial charge is 0.358 e. The number of nitrogens with zero attached hydrogens (tertiary/aromatic N) is 3. The monoisotopic (exact) mass is 454 g/mol. The van der Waals surface area contributed by atoms with Gasteiger partial charge < -0.3 is 15.0 Å². The maximum atomic E-state index is 13.5. The first-order valence-electron chi connectivity index (χ1n) is 11.7. The van der Waals surface area contributed by atoms with Crippen LogP contribution in [-0.2, 0) is 22.5 Å². The molecule has 0 saturated heterocycles. The van der Waals surface area contributed by atoms with Crippen LogP contribution in [0, 0.1) is 5.92 Å². The molecule has 0 unspecified atom stereocenters. The quantitative estimate of drug-likeness (QED) is 0.557. The van der Waals surface area contributed by atoms with Crippen LogP contribution in [0.5, 0.6) is 0 Å². The van der Waals surface area contributed by atoms with E-state index in [0.29, 0.717) is 31.1 Å².